The molecule has 0 fully saturated rings. The molecule has 2 rings (SSSR count). The van der Waals surface area contributed by atoms with Crippen LogP contribution in [0.2, 0.25) is 5.02 Å². The van der Waals surface area contributed by atoms with Crippen LogP contribution in [-0.4, -0.2) is 33.7 Å². The molecule has 0 aliphatic heterocycles. The van der Waals surface area contributed by atoms with Gasteiger partial charge in [-0.1, -0.05) is 17.7 Å². The van der Waals surface area contributed by atoms with E-state index in [2.05, 4.69) is 9.71 Å². The summed E-state index contributed by atoms with van der Waals surface area (Å²) in [5.74, 6) is 0.503. The maximum absolute atomic E-state index is 12.7. The number of benzene rings is 1. The molecular formula is C16H19ClN2O4S. The van der Waals surface area contributed by atoms with Gasteiger partial charge < -0.3 is 9.47 Å². The topological polar surface area (TPSA) is 77.5 Å². The number of sulfonamides is 1. The van der Waals surface area contributed by atoms with Gasteiger partial charge in [-0.05, 0) is 25.1 Å². The van der Waals surface area contributed by atoms with Crippen molar-refractivity contribution in [2.45, 2.75) is 24.3 Å². The molecule has 8 heteroatoms. The van der Waals surface area contributed by atoms with Crippen LogP contribution in [0.15, 0.2) is 41.4 Å². The van der Waals surface area contributed by atoms with Crippen LogP contribution in [0.25, 0.3) is 0 Å². The number of hydrogen-bond acceptors (Lipinski definition) is 5. The molecule has 1 atom stereocenters. The van der Waals surface area contributed by atoms with Crippen molar-refractivity contribution in [3.63, 3.8) is 0 Å². The van der Waals surface area contributed by atoms with Crippen molar-refractivity contribution in [1.29, 1.82) is 0 Å². The number of aromatic nitrogens is 1. The first-order valence-corrected chi connectivity index (χ1v) is 9.07. The summed E-state index contributed by atoms with van der Waals surface area (Å²) in [5.41, 5.74) is 0.799. The van der Waals surface area contributed by atoms with Crippen LogP contribution in [0.3, 0.4) is 0 Å². The predicted molar refractivity (Wildman–Crippen MR) is 92.3 cm³/mol. The van der Waals surface area contributed by atoms with Gasteiger partial charge in [-0.3, -0.25) is 4.98 Å². The zero-order chi connectivity index (χ0) is 17.7. The lowest BCUT2D eigenvalue weighted by molar-refractivity contribution is 0.386. The van der Waals surface area contributed by atoms with Crippen LogP contribution < -0.4 is 14.2 Å². The molecule has 1 aromatic carbocycles. The quantitative estimate of drug-likeness (QED) is 0.810. The van der Waals surface area contributed by atoms with Crippen molar-refractivity contribution in [3.8, 4) is 11.5 Å². The zero-order valence-corrected chi connectivity index (χ0v) is 15.2. The smallest absolute Gasteiger partial charge is 0.244 e. The Kier molecular flexibility index (Phi) is 6.04. The lowest BCUT2D eigenvalue weighted by Gasteiger charge is -2.17. The molecule has 6 nitrogen and oxygen atoms in total. The third kappa shape index (κ3) is 4.37. The number of nitrogens with one attached hydrogen (secondary N) is 1. The van der Waals surface area contributed by atoms with Crippen LogP contribution in [-0.2, 0) is 16.4 Å². The van der Waals surface area contributed by atoms with E-state index in [1.165, 1.54) is 26.4 Å². The highest BCUT2D eigenvalue weighted by molar-refractivity contribution is 7.89. The maximum atomic E-state index is 12.7. The summed E-state index contributed by atoms with van der Waals surface area (Å²) in [6, 6.07) is 7.92. The molecule has 0 saturated heterocycles. The average molecular weight is 371 g/mol. The molecule has 0 aliphatic rings. The van der Waals surface area contributed by atoms with Crippen LogP contribution in [0.4, 0.5) is 0 Å². The summed E-state index contributed by atoms with van der Waals surface area (Å²) >= 11 is 6.05. The van der Waals surface area contributed by atoms with Gasteiger partial charge in [0.15, 0.2) is 0 Å². The second-order valence-corrected chi connectivity index (χ2v) is 7.27. The highest BCUT2D eigenvalue weighted by Crippen LogP contribution is 2.35. The standard InChI is InChI=1S/C16H19ClN2O4S/c1-11(8-12-6-4-5-7-18-12)19-24(20,21)16-9-13(17)14(22-2)10-15(16)23-3/h4-7,9-11,19H,8H2,1-3H3. The van der Waals surface area contributed by atoms with Gasteiger partial charge in [0.25, 0.3) is 0 Å². The van der Waals surface area contributed by atoms with E-state index in [-0.39, 0.29) is 21.7 Å². The highest BCUT2D eigenvalue weighted by atomic mass is 35.5. The van der Waals surface area contributed by atoms with Crippen molar-refractivity contribution in [1.82, 2.24) is 9.71 Å². The molecule has 0 amide bonds. The third-order valence-corrected chi connectivity index (χ3v) is 5.23. The van der Waals surface area contributed by atoms with Crippen molar-refractivity contribution in [2.75, 3.05) is 14.2 Å². The Labute approximate surface area is 146 Å². The van der Waals surface area contributed by atoms with Gasteiger partial charge in [0.1, 0.15) is 16.4 Å². The molecule has 2 aromatic rings. The van der Waals surface area contributed by atoms with Gasteiger partial charge in [0.05, 0.1) is 19.2 Å². The number of hydrogen-bond donors (Lipinski definition) is 1. The second kappa shape index (κ2) is 7.83. The van der Waals surface area contributed by atoms with Crippen LogP contribution in [0.1, 0.15) is 12.6 Å². The van der Waals surface area contributed by atoms with E-state index in [1.54, 1.807) is 13.1 Å². The Morgan fingerprint density at radius 3 is 2.50 bits per heavy atom. The molecule has 0 bridgehead atoms. The fraction of sp³-hybridized carbons (Fsp3) is 0.312. The van der Waals surface area contributed by atoms with Gasteiger partial charge in [-0.25, -0.2) is 13.1 Å². The van der Waals surface area contributed by atoms with E-state index < -0.39 is 10.0 Å². The van der Waals surface area contributed by atoms with Crippen molar-refractivity contribution in [3.05, 3.63) is 47.2 Å². The summed E-state index contributed by atoms with van der Waals surface area (Å²) < 4.78 is 38.2. The zero-order valence-electron chi connectivity index (χ0n) is 13.6. The Morgan fingerprint density at radius 1 is 1.21 bits per heavy atom. The molecule has 24 heavy (non-hydrogen) atoms. The molecule has 1 N–H and O–H groups in total. The Balaban J connectivity index is 2.25. The summed E-state index contributed by atoms with van der Waals surface area (Å²) in [7, 11) is -0.978. The van der Waals surface area contributed by atoms with E-state index >= 15 is 0 Å². The third-order valence-electron chi connectivity index (χ3n) is 3.33. The number of rotatable bonds is 7. The summed E-state index contributed by atoms with van der Waals surface area (Å²) in [5, 5.41) is 0.191. The molecule has 1 aromatic heterocycles. The van der Waals surface area contributed by atoms with Gasteiger partial charge in [-0.2, -0.15) is 0 Å². The molecule has 0 radical (unpaired) electrons. The SMILES string of the molecule is COc1cc(OC)c(S(=O)(=O)NC(C)Cc2ccccn2)cc1Cl. The van der Waals surface area contributed by atoms with Crippen molar-refractivity contribution >= 4 is 21.6 Å². The van der Waals surface area contributed by atoms with E-state index in [0.717, 1.165) is 5.69 Å². The minimum Gasteiger partial charge on any atom is -0.495 e. The Hall–Kier alpha value is -1.83. The van der Waals surface area contributed by atoms with Gasteiger partial charge in [0, 0.05) is 30.4 Å². The van der Waals surface area contributed by atoms with Crippen LogP contribution in [0.5, 0.6) is 11.5 Å². The number of methoxy groups -OCH3 is 2. The Morgan fingerprint density at radius 2 is 1.92 bits per heavy atom. The molecule has 0 aliphatic carbocycles. The first-order valence-electron chi connectivity index (χ1n) is 7.21. The number of halogens is 1. The molecule has 1 unspecified atom stereocenters. The summed E-state index contributed by atoms with van der Waals surface area (Å²) in [4.78, 5) is 4.16. The minimum absolute atomic E-state index is 0.0383. The lowest BCUT2D eigenvalue weighted by atomic mass is 10.2. The van der Waals surface area contributed by atoms with E-state index in [9.17, 15) is 8.42 Å². The predicted octanol–water partition coefficient (Wildman–Crippen LogP) is 2.66. The summed E-state index contributed by atoms with van der Waals surface area (Å²) in [6.07, 6.45) is 2.13. The number of ether oxygens (including phenoxy) is 2. The van der Waals surface area contributed by atoms with Crippen LogP contribution in [0, 0.1) is 0 Å². The molecule has 0 spiro atoms. The molecule has 1 heterocycles. The van der Waals surface area contributed by atoms with E-state index in [4.69, 9.17) is 21.1 Å². The highest BCUT2D eigenvalue weighted by Gasteiger charge is 2.24. The molecular weight excluding hydrogens is 352 g/mol. The first-order chi connectivity index (χ1) is 11.4. The summed E-state index contributed by atoms with van der Waals surface area (Å²) in [6.45, 7) is 1.77. The molecule has 0 saturated carbocycles. The average Bonchev–Trinajstić information content (AvgIpc) is 2.54. The van der Waals surface area contributed by atoms with Crippen LogP contribution >= 0.6 is 11.6 Å². The lowest BCUT2D eigenvalue weighted by Crippen LogP contribution is -2.34. The maximum Gasteiger partial charge on any atom is 0.244 e. The molecule has 130 valence electrons. The first kappa shape index (κ1) is 18.5. The van der Waals surface area contributed by atoms with Gasteiger partial charge >= 0.3 is 0 Å². The largest absolute Gasteiger partial charge is 0.495 e. The fourth-order valence-corrected chi connectivity index (χ4v) is 3.97. The van der Waals surface area contributed by atoms with Crippen molar-refractivity contribution < 1.29 is 17.9 Å². The number of pyridine rings is 1. The van der Waals surface area contributed by atoms with E-state index in [0.29, 0.717) is 12.2 Å². The fourth-order valence-electron chi connectivity index (χ4n) is 2.25. The number of nitrogens with zero attached hydrogens (tertiary/aromatic N) is 1. The minimum atomic E-state index is -3.81. The Bertz CT molecular complexity index is 797. The van der Waals surface area contributed by atoms with Gasteiger partial charge in [0.2, 0.25) is 10.0 Å². The normalized spacial score (nSPS) is 12.7. The monoisotopic (exact) mass is 370 g/mol. The van der Waals surface area contributed by atoms with E-state index in [1.807, 2.05) is 18.2 Å². The second-order valence-electron chi connectivity index (χ2n) is 5.19. The van der Waals surface area contributed by atoms with Crippen molar-refractivity contribution in [2.24, 2.45) is 0 Å². The van der Waals surface area contributed by atoms with Gasteiger partial charge in [-0.15, -0.1) is 0 Å².